The number of rotatable bonds is 4. The number of aliphatic hydroxyl groups is 1. The van der Waals surface area contributed by atoms with Gasteiger partial charge in [-0.25, -0.2) is 4.98 Å². The monoisotopic (exact) mass is 223 g/mol. The summed E-state index contributed by atoms with van der Waals surface area (Å²) < 4.78 is 0. The topological polar surface area (TPSA) is 65.5 Å². The van der Waals surface area contributed by atoms with E-state index in [1.54, 1.807) is 25.3 Å². The Morgan fingerprint density at radius 3 is 2.88 bits per heavy atom. The first-order chi connectivity index (χ1) is 7.50. The van der Waals surface area contributed by atoms with Gasteiger partial charge in [-0.1, -0.05) is 0 Å². The van der Waals surface area contributed by atoms with Gasteiger partial charge < -0.3 is 15.3 Å². The van der Waals surface area contributed by atoms with Gasteiger partial charge in [-0.05, 0) is 19.1 Å². The van der Waals surface area contributed by atoms with E-state index < -0.39 is 6.10 Å². The molecule has 0 aliphatic carbocycles. The third-order valence-corrected chi connectivity index (χ3v) is 2.02. The molecule has 0 unspecified atom stereocenters. The number of carbonyl (C=O) groups excluding carboxylic acids is 1. The van der Waals surface area contributed by atoms with Gasteiger partial charge in [0.05, 0.1) is 6.10 Å². The van der Waals surface area contributed by atoms with Crippen molar-refractivity contribution in [2.75, 3.05) is 25.5 Å². The molecule has 5 nitrogen and oxygen atoms in total. The Kier molecular flexibility index (Phi) is 4.25. The van der Waals surface area contributed by atoms with Gasteiger partial charge in [-0.2, -0.15) is 0 Å². The van der Waals surface area contributed by atoms with Crippen LogP contribution in [-0.2, 0) is 0 Å². The van der Waals surface area contributed by atoms with Crippen molar-refractivity contribution < 1.29 is 9.90 Å². The van der Waals surface area contributed by atoms with E-state index in [1.165, 1.54) is 0 Å². The highest BCUT2D eigenvalue weighted by Crippen LogP contribution is 2.09. The average molecular weight is 223 g/mol. The molecule has 5 heteroatoms. The number of carbonyl (C=O) groups is 1. The van der Waals surface area contributed by atoms with E-state index in [0.29, 0.717) is 5.56 Å². The van der Waals surface area contributed by atoms with E-state index in [9.17, 15) is 4.79 Å². The fourth-order valence-electron chi connectivity index (χ4n) is 1.15. The number of amides is 1. The van der Waals surface area contributed by atoms with Gasteiger partial charge in [0.1, 0.15) is 5.82 Å². The summed E-state index contributed by atoms with van der Waals surface area (Å²) >= 11 is 0. The van der Waals surface area contributed by atoms with Crippen LogP contribution in [-0.4, -0.2) is 42.7 Å². The van der Waals surface area contributed by atoms with E-state index >= 15 is 0 Å². The van der Waals surface area contributed by atoms with E-state index in [-0.39, 0.29) is 12.5 Å². The molecule has 0 radical (unpaired) electrons. The fraction of sp³-hybridized carbons (Fsp3) is 0.455. The minimum atomic E-state index is -0.542. The Labute approximate surface area is 95.1 Å². The molecule has 0 saturated heterocycles. The molecule has 16 heavy (non-hydrogen) atoms. The third kappa shape index (κ3) is 3.51. The maximum absolute atomic E-state index is 11.7. The van der Waals surface area contributed by atoms with Gasteiger partial charge in [-0.15, -0.1) is 0 Å². The second-order valence-corrected chi connectivity index (χ2v) is 3.86. The van der Waals surface area contributed by atoms with Gasteiger partial charge >= 0.3 is 0 Å². The molecule has 2 N–H and O–H groups in total. The van der Waals surface area contributed by atoms with Crippen molar-refractivity contribution in [2.45, 2.75) is 13.0 Å². The van der Waals surface area contributed by atoms with Gasteiger partial charge in [-0.3, -0.25) is 4.79 Å². The number of aliphatic hydroxyl groups excluding tert-OH is 1. The lowest BCUT2D eigenvalue weighted by Crippen LogP contribution is -2.30. The largest absolute Gasteiger partial charge is 0.392 e. The normalized spacial score (nSPS) is 12.0. The molecule has 1 rings (SSSR count). The average Bonchev–Trinajstić information content (AvgIpc) is 2.26. The summed E-state index contributed by atoms with van der Waals surface area (Å²) in [4.78, 5) is 17.6. The van der Waals surface area contributed by atoms with Crippen molar-refractivity contribution >= 4 is 11.7 Å². The fourth-order valence-corrected chi connectivity index (χ4v) is 1.15. The summed E-state index contributed by atoms with van der Waals surface area (Å²) in [5.74, 6) is 0.524. The van der Waals surface area contributed by atoms with E-state index in [4.69, 9.17) is 5.11 Å². The molecule has 0 spiro atoms. The first-order valence-corrected chi connectivity index (χ1v) is 5.10. The molecule has 0 saturated carbocycles. The lowest BCUT2D eigenvalue weighted by molar-refractivity contribution is 0.0924. The zero-order valence-corrected chi connectivity index (χ0v) is 9.77. The summed E-state index contributed by atoms with van der Waals surface area (Å²) in [6.07, 6.45) is 1.05. The molecular weight excluding hydrogens is 206 g/mol. The molecule has 1 aromatic rings. The van der Waals surface area contributed by atoms with Gasteiger partial charge in [0, 0.05) is 32.4 Å². The lowest BCUT2D eigenvalue weighted by Gasteiger charge is -2.12. The van der Waals surface area contributed by atoms with Crippen molar-refractivity contribution in [3.8, 4) is 0 Å². The number of hydrogen-bond acceptors (Lipinski definition) is 4. The standard InChI is InChI=1S/C11H17N3O2/c1-8(15)7-13-11(16)9-4-5-12-10(6-9)14(2)3/h4-6,8,15H,7H2,1-3H3,(H,13,16)/t8-/m0/s1. The van der Waals surface area contributed by atoms with Crippen molar-refractivity contribution in [1.29, 1.82) is 0 Å². The summed E-state index contributed by atoms with van der Waals surface area (Å²) in [5.41, 5.74) is 0.541. The molecule has 0 aliphatic heterocycles. The van der Waals surface area contributed by atoms with Crippen LogP contribution in [0.4, 0.5) is 5.82 Å². The Bertz CT molecular complexity index is 364. The molecule has 1 amide bonds. The van der Waals surface area contributed by atoms with Crippen LogP contribution in [0.5, 0.6) is 0 Å². The summed E-state index contributed by atoms with van der Waals surface area (Å²) in [6.45, 7) is 1.87. The van der Waals surface area contributed by atoms with Crippen LogP contribution in [0, 0.1) is 0 Å². The second kappa shape index (κ2) is 5.46. The van der Waals surface area contributed by atoms with Crippen LogP contribution < -0.4 is 10.2 Å². The summed E-state index contributed by atoms with van der Waals surface area (Å²) in [7, 11) is 3.72. The van der Waals surface area contributed by atoms with Crippen molar-refractivity contribution in [2.24, 2.45) is 0 Å². The second-order valence-electron chi connectivity index (χ2n) is 3.86. The quantitative estimate of drug-likeness (QED) is 0.768. The molecule has 0 fully saturated rings. The zero-order chi connectivity index (χ0) is 12.1. The highest BCUT2D eigenvalue weighted by molar-refractivity contribution is 5.94. The first-order valence-electron chi connectivity index (χ1n) is 5.10. The number of pyridine rings is 1. The Balaban J connectivity index is 2.72. The minimum Gasteiger partial charge on any atom is -0.392 e. The minimum absolute atomic E-state index is 0.202. The van der Waals surface area contributed by atoms with Crippen molar-refractivity contribution in [1.82, 2.24) is 10.3 Å². The highest BCUT2D eigenvalue weighted by Gasteiger charge is 2.08. The highest BCUT2D eigenvalue weighted by atomic mass is 16.3. The lowest BCUT2D eigenvalue weighted by atomic mass is 10.2. The molecule has 0 aromatic carbocycles. The SMILES string of the molecule is C[C@H](O)CNC(=O)c1ccnc(N(C)C)c1. The predicted octanol–water partition coefficient (Wildman–Crippen LogP) is 0.258. The van der Waals surface area contributed by atoms with Crippen molar-refractivity contribution in [3.05, 3.63) is 23.9 Å². The zero-order valence-electron chi connectivity index (χ0n) is 9.77. The smallest absolute Gasteiger partial charge is 0.251 e. The number of aromatic nitrogens is 1. The van der Waals surface area contributed by atoms with E-state index in [1.807, 2.05) is 19.0 Å². The van der Waals surface area contributed by atoms with E-state index in [2.05, 4.69) is 10.3 Å². The number of nitrogens with one attached hydrogen (secondary N) is 1. The summed E-state index contributed by atoms with van der Waals surface area (Å²) in [5, 5.41) is 11.7. The van der Waals surface area contributed by atoms with Crippen LogP contribution >= 0.6 is 0 Å². The van der Waals surface area contributed by atoms with Crippen LogP contribution in [0.15, 0.2) is 18.3 Å². The predicted molar refractivity (Wildman–Crippen MR) is 62.6 cm³/mol. The van der Waals surface area contributed by atoms with Crippen LogP contribution in [0.25, 0.3) is 0 Å². The Hall–Kier alpha value is -1.62. The van der Waals surface area contributed by atoms with Gasteiger partial charge in [0.2, 0.25) is 0 Å². The van der Waals surface area contributed by atoms with Crippen LogP contribution in [0.3, 0.4) is 0 Å². The molecule has 1 aromatic heterocycles. The molecule has 1 heterocycles. The third-order valence-electron chi connectivity index (χ3n) is 2.02. The number of hydrogen-bond donors (Lipinski definition) is 2. The maximum Gasteiger partial charge on any atom is 0.251 e. The first kappa shape index (κ1) is 12.4. The van der Waals surface area contributed by atoms with Crippen LogP contribution in [0.1, 0.15) is 17.3 Å². The number of nitrogens with zero attached hydrogens (tertiary/aromatic N) is 2. The molecule has 0 aliphatic rings. The molecule has 1 atom stereocenters. The Morgan fingerprint density at radius 1 is 1.62 bits per heavy atom. The Morgan fingerprint density at radius 2 is 2.31 bits per heavy atom. The van der Waals surface area contributed by atoms with Gasteiger partial charge in [0.15, 0.2) is 0 Å². The van der Waals surface area contributed by atoms with Crippen LogP contribution in [0.2, 0.25) is 0 Å². The molecule has 88 valence electrons. The van der Waals surface area contributed by atoms with E-state index in [0.717, 1.165) is 5.82 Å². The van der Waals surface area contributed by atoms with Gasteiger partial charge in [0.25, 0.3) is 5.91 Å². The molecular formula is C11H17N3O2. The maximum atomic E-state index is 11.7. The number of anilines is 1. The molecule has 0 bridgehead atoms. The summed E-state index contributed by atoms with van der Waals surface area (Å²) in [6, 6.07) is 3.35. The van der Waals surface area contributed by atoms with Crippen molar-refractivity contribution in [3.63, 3.8) is 0 Å².